The molecule has 120 valence electrons. The summed E-state index contributed by atoms with van der Waals surface area (Å²) in [5.74, 6) is 5.61. The number of hydrogen-bond donors (Lipinski definition) is 0. The maximum Gasteiger partial charge on any atom is -0.0352 e. The zero-order valence-electron chi connectivity index (χ0n) is 15.0. The highest BCUT2D eigenvalue weighted by molar-refractivity contribution is 4.93. The van der Waals surface area contributed by atoms with Crippen molar-refractivity contribution in [1.82, 2.24) is 0 Å². The predicted octanol–water partition coefficient (Wildman–Crippen LogP) is 7.08. The summed E-state index contributed by atoms with van der Waals surface area (Å²) in [6, 6.07) is 0. The van der Waals surface area contributed by atoms with Crippen molar-refractivity contribution in [3.63, 3.8) is 0 Å². The summed E-state index contributed by atoms with van der Waals surface area (Å²) in [5, 5.41) is 0. The molecule has 0 aliphatic heterocycles. The van der Waals surface area contributed by atoms with Gasteiger partial charge in [0.15, 0.2) is 0 Å². The second kappa shape index (κ2) is 9.85. The Kier molecular flexibility index (Phi) is 8.89. The van der Waals surface area contributed by atoms with Crippen molar-refractivity contribution in [3.05, 3.63) is 0 Å². The summed E-state index contributed by atoms with van der Waals surface area (Å²) in [6.07, 6.45) is 15.3. The Hall–Kier alpha value is 0. The Morgan fingerprint density at radius 1 is 0.650 bits per heavy atom. The Balaban J connectivity index is 0.000000357. The summed E-state index contributed by atoms with van der Waals surface area (Å²) < 4.78 is 0. The lowest BCUT2D eigenvalue weighted by molar-refractivity contribution is 0.00151. The van der Waals surface area contributed by atoms with Gasteiger partial charge in [-0.15, -0.1) is 0 Å². The number of hydrogen-bond acceptors (Lipinski definition) is 0. The normalized spacial score (nSPS) is 39.1. The summed E-state index contributed by atoms with van der Waals surface area (Å²) in [5.41, 5.74) is 0. The molecule has 0 heterocycles. The lowest BCUT2D eigenvalue weighted by Gasteiger charge is -2.50. The lowest BCUT2D eigenvalue weighted by Crippen LogP contribution is -2.41. The Morgan fingerprint density at radius 3 is 1.95 bits per heavy atom. The first-order valence-electron chi connectivity index (χ1n) is 9.77. The van der Waals surface area contributed by atoms with Gasteiger partial charge in [0.25, 0.3) is 0 Å². The Bertz CT molecular complexity index is 232. The van der Waals surface area contributed by atoms with Crippen LogP contribution in [0.5, 0.6) is 0 Å². The van der Waals surface area contributed by atoms with Crippen LogP contribution in [0.2, 0.25) is 0 Å². The molecule has 3 saturated carbocycles. The van der Waals surface area contributed by atoms with Gasteiger partial charge in [-0.2, -0.15) is 0 Å². The van der Waals surface area contributed by atoms with E-state index in [2.05, 4.69) is 20.8 Å². The fourth-order valence-electron chi connectivity index (χ4n) is 5.12. The minimum Gasteiger partial charge on any atom is -0.0683 e. The van der Waals surface area contributed by atoms with Gasteiger partial charge in [-0.3, -0.25) is 0 Å². The first-order chi connectivity index (χ1) is 9.77. The van der Waals surface area contributed by atoms with Crippen LogP contribution in [0.3, 0.4) is 0 Å². The van der Waals surface area contributed by atoms with E-state index in [1.165, 1.54) is 25.7 Å². The van der Waals surface area contributed by atoms with E-state index in [0.717, 1.165) is 29.6 Å². The third kappa shape index (κ3) is 4.50. The fraction of sp³-hybridized carbons (Fsp3) is 1.00. The van der Waals surface area contributed by atoms with E-state index in [-0.39, 0.29) is 0 Å². The van der Waals surface area contributed by atoms with Gasteiger partial charge in [0.05, 0.1) is 0 Å². The van der Waals surface area contributed by atoms with E-state index in [4.69, 9.17) is 0 Å². The van der Waals surface area contributed by atoms with Crippen molar-refractivity contribution in [1.29, 1.82) is 0 Å². The molecule has 0 aromatic carbocycles. The first-order valence-corrected chi connectivity index (χ1v) is 9.77. The predicted molar refractivity (Wildman–Crippen MR) is 92.0 cm³/mol. The second-order valence-corrected chi connectivity index (χ2v) is 7.23. The SMILES string of the molecule is CC.CC1CCCC2C1CCC1CCCCC12.CCC. The zero-order valence-corrected chi connectivity index (χ0v) is 15.0. The summed E-state index contributed by atoms with van der Waals surface area (Å²) >= 11 is 0. The molecule has 0 N–H and O–H groups in total. The van der Waals surface area contributed by atoms with Gasteiger partial charge >= 0.3 is 0 Å². The standard InChI is InChI=1S/C15H26.C3H8.C2H6/c1-11-5-4-8-15-13(11)10-9-12-6-2-3-7-14(12)15;1-3-2;1-2/h11-15H,2-10H2,1H3;3H2,1-2H3;1-2H3. The van der Waals surface area contributed by atoms with Gasteiger partial charge in [-0.1, -0.05) is 73.1 Å². The van der Waals surface area contributed by atoms with Crippen molar-refractivity contribution in [3.8, 4) is 0 Å². The van der Waals surface area contributed by atoms with E-state index in [1.807, 2.05) is 13.8 Å². The molecular formula is C20H40. The molecule has 3 fully saturated rings. The van der Waals surface area contributed by atoms with Gasteiger partial charge < -0.3 is 0 Å². The molecule has 0 amide bonds. The zero-order chi connectivity index (χ0) is 15.0. The van der Waals surface area contributed by atoms with Crippen LogP contribution in [0.4, 0.5) is 0 Å². The minimum atomic E-state index is 1.05. The van der Waals surface area contributed by atoms with E-state index in [9.17, 15) is 0 Å². The quantitative estimate of drug-likeness (QED) is 0.444. The Labute approximate surface area is 129 Å². The highest BCUT2D eigenvalue weighted by Gasteiger charge is 2.43. The highest BCUT2D eigenvalue weighted by Crippen LogP contribution is 2.52. The van der Waals surface area contributed by atoms with Crippen LogP contribution in [0, 0.1) is 29.6 Å². The molecule has 0 aromatic heterocycles. The van der Waals surface area contributed by atoms with E-state index >= 15 is 0 Å². The van der Waals surface area contributed by atoms with Crippen LogP contribution in [0.15, 0.2) is 0 Å². The first kappa shape index (κ1) is 18.1. The minimum absolute atomic E-state index is 1.05. The van der Waals surface area contributed by atoms with Gasteiger partial charge in [0.1, 0.15) is 0 Å². The van der Waals surface area contributed by atoms with E-state index < -0.39 is 0 Å². The molecule has 5 atom stereocenters. The summed E-state index contributed by atoms with van der Waals surface area (Å²) in [6.45, 7) is 10.8. The molecule has 20 heavy (non-hydrogen) atoms. The summed E-state index contributed by atoms with van der Waals surface area (Å²) in [7, 11) is 0. The molecule has 0 radical (unpaired) electrons. The highest BCUT2D eigenvalue weighted by atomic mass is 14.5. The van der Waals surface area contributed by atoms with Gasteiger partial charge in [0, 0.05) is 0 Å². The molecular weight excluding hydrogens is 240 g/mol. The summed E-state index contributed by atoms with van der Waals surface area (Å²) in [4.78, 5) is 0. The smallest absolute Gasteiger partial charge is 0.0352 e. The molecule has 5 unspecified atom stereocenters. The van der Waals surface area contributed by atoms with Crippen LogP contribution >= 0.6 is 0 Å². The third-order valence-corrected chi connectivity index (χ3v) is 5.87. The van der Waals surface area contributed by atoms with Crippen molar-refractivity contribution in [2.75, 3.05) is 0 Å². The van der Waals surface area contributed by atoms with Gasteiger partial charge in [0.2, 0.25) is 0 Å². The van der Waals surface area contributed by atoms with Crippen LogP contribution in [0.25, 0.3) is 0 Å². The maximum absolute atomic E-state index is 2.53. The second-order valence-electron chi connectivity index (χ2n) is 7.23. The average molecular weight is 281 g/mol. The lowest BCUT2D eigenvalue weighted by atomic mass is 9.55. The molecule has 0 saturated heterocycles. The van der Waals surface area contributed by atoms with Gasteiger partial charge in [-0.25, -0.2) is 0 Å². The molecule has 0 heteroatoms. The van der Waals surface area contributed by atoms with Crippen molar-refractivity contribution < 1.29 is 0 Å². The molecule has 3 rings (SSSR count). The van der Waals surface area contributed by atoms with E-state index in [1.54, 1.807) is 38.5 Å². The Morgan fingerprint density at radius 2 is 1.25 bits per heavy atom. The number of fused-ring (bicyclic) bond motifs is 3. The fourth-order valence-corrected chi connectivity index (χ4v) is 5.12. The molecule has 3 aliphatic carbocycles. The molecule has 3 aliphatic rings. The molecule has 0 aromatic rings. The average Bonchev–Trinajstić information content (AvgIpc) is 2.50. The molecule has 0 bridgehead atoms. The topological polar surface area (TPSA) is 0 Å². The maximum atomic E-state index is 2.53. The van der Waals surface area contributed by atoms with Crippen molar-refractivity contribution in [2.45, 2.75) is 98.8 Å². The monoisotopic (exact) mass is 280 g/mol. The van der Waals surface area contributed by atoms with Crippen molar-refractivity contribution >= 4 is 0 Å². The van der Waals surface area contributed by atoms with Crippen LogP contribution in [-0.4, -0.2) is 0 Å². The van der Waals surface area contributed by atoms with E-state index in [0.29, 0.717) is 0 Å². The van der Waals surface area contributed by atoms with Gasteiger partial charge in [-0.05, 0) is 55.3 Å². The molecule has 0 nitrogen and oxygen atoms in total. The molecule has 0 spiro atoms. The van der Waals surface area contributed by atoms with Crippen molar-refractivity contribution in [2.24, 2.45) is 29.6 Å². The largest absolute Gasteiger partial charge is 0.0683 e. The van der Waals surface area contributed by atoms with Crippen LogP contribution in [-0.2, 0) is 0 Å². The number of rotatable bonds is 0. The van der Waals surface area contributed by atoms with Crippen LogP contribution < -0.4 is 0 Å². The third-order valence-electron chi connectivity index (χ3n) is 5.87. The van der Waals surface area contributed by atoms with Crippen LogP contribution in [0.1, 0.15) is 98.8 Å².